The van der Waals surface area contributed by atoms with E-state index in [0.29, 0.717) is 5.15 Å². The molecule has 0 radical (unpaired) electrons. The Bertz CT molecular complexity index is 466. The van der Waals surface area contributed by atoms with Gasteiger partial charge in [-0.1, -0.05) is 11.6 Å². The van der Waals surface area contributed by atoms with Crippen molar-refractivity contribution in [1.82, 2.24) is 14.5 Å². The molecule has 0 amide bonds. The zero-order chi connectivity index (χ0) is 10.1. The van der Waals surface area contributed by atoms with Crippen molar-refractivity contribution in [1.29, 1.82) is 0 Å². The summed E-state index contributed by atoms with van der Waals surface area (Å²) >= 11 is 7.47. The van der Waals surface area contributed by atoms with Gasteiger partial charge in [-0.2, -0.15) is 0 Å². The predicted molar refractivity (Wildman–Crippen MR) is 60.0 cm³/mol. The lowest BCUT2D eigenvalue weighted by Crippen LogP contribution is -1.94. The third kappa shape index (κ3) is 1.48. The lowest BCUT2D eigenvalue weighted by Gasteiger charge is -2.03. The minimum Gasteiger partial charge on any atom is -0.329 e. The van der Waals surface area contributed by atoms with Crippen LogP contribution in [-0.2, 0) is 6.54 Å². The number of rotatable bonds is 2. The lowest BCUT2D eigenvalue weighted by atomic mass is 10.4. The van der Waals surface area contributed by atoms with E-state index in [1.807, 2.05) is 12.6 Å². The molecule has 0 bridgehead atoms. The maximum Gasteiger partial charge on any atom is 0.132 e. The van der Waals surface area contributed by atoms with E-state index in [0.717, 1.165) is 22.6 Å². The Hall–Kier alpha value is -0.740. The molecule has 0 atom stereocenters. The van der Waals surface area contributed by atoms with Crippen molar-refractivity contribution >= 4 is 34.4 Å². The van der Waals surface area contributed by atoms with Gasteiger partial charge in [0.2, 0.25) is 0 Å². The molecule has 0 aliphatic heterocycles. The van der Waals surface area contributed by atoms with Crippen LogP contribution in [0.5, 0.6) is 0 Å². The monoisotopic (exact) mass is 227 g/mol. The molecule has 0 saturated heterocycles. The Morgan fingerprint density at radius 2 is 2.36 bits per heavy atom. The number of thioether (sulfide) groups is 1. The van der Waals surface area contributed by atoms with Gasteiger partial charge in [0, 0.05) is 12.6 Å². The van der Waals surface area contributed by atoms with E-state index in [1.165, 1.54) is 0 Å². The third-order valence-corrected chi connectivity index (χ3v) is 2.93. The summed E-state index contributed by atoms with van der Waals surface area (Å²) in [5.41, 5.74) is 1.99. The molecule has 0 aliphatic carbocycles. The first kappa shape index (κ1) is 9.80. The van der Waals surface area contributed by atoms with E-state index < -0.39 is 0 Å². The van der Waals surface area contributed by atoms with E-state index in [-0.39, 0.29) is 0 Å². The number of nitrogens with zero attached hydrogens (tertiary/aromatic N) is 3. The number of hydrogen-bond donors (Lipinski definition) is 0. The molecule has 2 aromatic heterocycles. The van der Waals surface area contributed by atoms with Crippen LogP contribution in [0.25, 0.3) is 11.0 Å². The molecule has 0 N–H and O–H groups in total. The quantitative estimate of drug-likeness (QED) is 0.584. The fraction of sp³-hybridized carbons (Fsp3) is 0.333. The van der Waals surface area contributed by atoms with Gasteiger partial charge in [-0.15, -0.1) is 11.8 Å². The highest BCUT2D eigenvalue weighted by atomic mass is 35.5. The number of pyridine rings is 1. The van der Waals surface area contributed by atoms with E-state index in [2.05, 4.69) is 21.5 Å². The van der Waals surface area contributed by atoms with Crippen LogP contribution in [0.4, 0.5) is 0 Å². The number of halogens is 1. The van der Waals surface area contributed by atoms with Crippen LogP contribution in [0.3, 0.4) is 0 Å². The molecule has 0 aromatic carbocycles. The number of hydrogen-bond acceptors (Lipinski definition) is 3. The van der Waals surface area contributed by atoms with E-state index in [9.17, 15) is 0 Å². The minimum absolute atomic E-state index is 0.503. The van der Waals surface area contributed by atoms with Gasteiger partial charge in [-0.25, -0.2) is 9.97 Å². The van der Waals surface area contributed by atoms with Crippen LogP contribution in [0, 0.1) is 0 Å². The second kappa shape index (κ2) is 3.79. The molecular weight excluding hydrogens is 218 g/mol. The summed E-state index contributed by atoms with van der Waals surface area (Å²) < 4.78 is 2.07. The normalized spacial score (nSPS) is 11.1. The first-order valence-electron chi connectivity index (χ1n) is 4.31. The first-order valence-corrected chi connectivity index (χ1v) is 5.92. The van der Waals surface area contributed by atoms with Crippen molar-refractivity contribution in [3.63, 3.8) is 0 Å². The van der Waals surface area contributed by atoms with Crippen molar-refractivity contribution in [2.45, 2.75) is 18.5 Å². The minimum atomic E-state index is 0.503. The summed E-state index contributed by atoms with van der Waals surface area (Å²) in [6, 6.07) is 1.79. The number of imidazole rings is 1. The highest BCUT2D eigenvalue weighted by molar-refractivity contribution is 7.98. The van der Waals surface area contributed by atoms with Gasteiger partial charge in [0.1, 0.15) is 15.7 Å². The molecule has 14 heavy (non-hydrogen) atoms. The van der Waals surface area contributed by atoms with Crippen LogP contribution in [0.15, 0.2) is 17.4 Å². The van der Waals surface area contributed by atoms with Gasteiger partial charge < -0.3 is 4.57 Å². The van der Waals surface area contributed by atoms with Crippen molar-refractivity contribution in [3.05, 3.63) is 17.5 Å². The van der Waals surface area contributed by atoms with Gasteiger partial charge in [-0.05, 0) is 13.2 Å². The summed E-state index contributed by atoms with van der Waals surface area (Å²) in [6.07, 6.45) is 3.81. The molecule has 2 heterocycles. The Kier molecular flexibility index (Phi) is 2.65. The number of fused-ring (bicyclic) bond motifs is 1. The number of aryl methyl sites for hydroxylation is 1. The molecule has 74 valence electrons. The van der Waals surface area contributed by atoms with Crippen molar-refractivity contribution < 1.29 is 0 Å². The topological polar surface area (TPSA) is 30.7 Å². The van der Waals surface area contributed by atoms with E-state index >= 15 is 0 Å². The molecular formula is C9H10ClN3S. The largest absolute Gasteiger partial charge is 0.329 e. The summed E-state index contributed by atoms with van der Waals surface area (Å²) in [4.78, 5) is 8.55. The third-order valence-electron chi connectivity index (χ3n) is 2.07. The van der Waals surface area contributed by atoms with Crippen LogP contribution in [0.2, 0.25) is 5.15 Å². The Labute approximate surface area is 91.5 Å². The van der Waals surface area contributed by atoms with Gasteiger partial charge in [-0.3, -0.25) is 0 Å². The Morgan fingerprint density at radius 1 is 1.57 bits per heavy atom. The smallest absolute Gasteiger partial charge is 0.132 e. The summed E-state index contributed by atoms with van der Waals surface area (Å²) in [5.74, 6) is 0. The molecule has 2 aromatic rings. The Balaban J connectivity index is 2.78. The highest BCUT2D eigenvalue weighted by Gasteiger charge is 2.09. The first-order chi connectivity index (χ1) is 6.76. The van der Waals surface area contributed by atoms with Gasteiger partial charge in [0.25, 0.3) is 0 Å². The molecule has 0 saturated carbocycles. The SMILES string of the molecule is CCn1cnc2cc(Cl)nc(SC)c21. The molecule has 0 aliphatic rings. The zero-order valence-electron chi connectivity index (χ0n) is 7.99. The molecule has 3 nitrogen and oxygen atoms in total. The van der Waals surface area contributed by atoms with E-state index in [1.54, 1.807) is 17.8 Å². The average Bonchev–Trinajstić information content (AvgIpc) is 2.59. The molecule has 0 spiro atoms. The van der Waals surface area contributed by atoms with Gasteiger partial charge in [0.05, 0.1) is 11.8 Å². The van der Waals surface area contributed by atoms with Crippen molar-refractivity contribution in [3.8, 4) is 0 Å². The van der Waals surface area contributed by atoms with Crippen molar-refractivity contribution in [2.24, 2.45) is 0 Å². The summed E-state index contributed by atoms with van der Waals surface area (Å²) in [5, 5.41) is 1.44. The highest BCUT2D eigenvalue weighted by Crippen LogP contribution is 2.26. The second-order valence-corrected chi connectivity index (χ2v) is 4.03. The van der Waals surface area contributed by atoms with Crippen LogP contribution >= 0.6 is 23.4 Å². The zero-order valence-corrected chi connectivity index (χ0v) is 9.56. The second-order valence-electron chi connectivity index (χ2n) is 2.85. The molecule has 2 rings (SSSR count). The van der Waals surface area contributed by atoms with Gasteiger partial charge in [0.15, 0.2) is 0 Å². The maximum absolute atomic E-state index is 5.88. The molecule has 0 unspecified atom stereocenters. The van der Waals surface area contributed by atoms with Crippen LogP contribution in [0.1, 0.15) is 6.92 Å². The van der Waals surface area contributed by atoms with Crippen LogP contribution in [-0.4, -0.2) is 20.8 Å². The van der Waals surface area contributed by atoms with Crippen LogP contribution < -0.4 is 0 Å². The van der Waals surface area contributed by atoms with E-state index in [4.69, 9.17) is 11.6 Å². The summed E-state index contributed by atoms with van der Waals surface area (Å²) in [6.45, 7) is 2.98. The molecule has 5 heteroatoms. The maximum atomic E-state index is 5.88. The standard InChI is InChI=1S/C9H10ClN3S/c1-3-13-5-11-6-4-7(10)12-9(14-2)8(6)13/h4-5H,3H2,1-2H3. The predicted octanol–water partition coefficient (Wildman–Crippen LogP) is 2.83. The fourth-order valence-corrected chi connectivity index (χ4v) is 2.26. The summed E-state index contributed by atoms with van der Waals surface area (Å²) in [7, 11) is 0. The lowest BCUT2D eigenvalue weighted by molar-refractivity contribution is 0.778. The Morgan fingerprint density at radius 3 is 3.00 bits per heavy atom. The molecule has 0 fully saturated rings. The van der Waals surface area contributed by atoms with Gasteiger partial charge >= 0.3 is 0 Å². The van der Waals surface area contributed by atoms with Crippen molar-refractivity contribution in [2.75, 3.05) is 6.26 Å². The fourth-order valence-electron chi connectivity index (χ4n) is 1.41. The number of aromatic nitrogens is 3. The average molecular weight is 228 g/mol.